The molecule has 0 saturated carbocycles. The molecule has 0 bridgehead atoms. The summed E-state index contributed by atoms with van der Waals surface area (Å²) in [4.78, 5) is 8.82. The Hall–Kier alpha value is -2.15. The Morgan fingerprint density at radius 3 is 2.90 bits per heavy atom. The van der Waals surface area contributed by atoms with Crippen LogP contribution in [-0.4, -0.2) is 28.7 Å². The van der Waals surface area contributed by atoms with E-state index < -0.39 is 15.2 Å². The second-order valence-corrected chi connectivity index (χ2v) is 7.37. The summed E-state index contributed by atoms with van der Waals surface area (Å²) in [6, 6.07) is 7.15. The zero-order valence-electron chi connectivity index (χ0n) is 11.1. The van der Waals surface area contributed by atoms with Gasteiger partial charge in [-0.15, -0.1) is 0 Å². The van der Waals surface area contributed by atoms with E-state index in [-0.39, 0.29) is 5.75 Å². The number of furan rings is 1. The maximum Gasteiger partial charge on any atom is 0.179 e. The van der Waals surface area contributed by atoms with E-state index in [9.17, 15) is 8.42 Å². The number of fused-ring (bicyclic) bond motifs is 1. The van der Waals surface area contributed by atoms with Gasteiger partial charge in [-0.1, -0.05) is 0 Å². The summed E-state index contributed by atoms with van der Waals surface area (Å²) in [5, 5.41) is -0.613. The summed E-state index contributed by atoms with van der Waals surface area (Å²) in [5.74, 6) is 1.28. The van der Waals surface area contributed by atoms with Crippen LogP contribution in [0.1, 0.15) is 18.2 Å². The molecular formula is C14H13N3O3S. The van der Waals surface area contributed by atoms with Crippen LogP contribution in [0.15, 0.2) is 41.1 Å². The zero-order chi connectivity index (χ0) is 14.4. The average molecular weight is 303 g/mol. The van der Waals surface area contributed by atoms with Gasteiger partial charge in [-0.3, -0.25) is 4.57 Å². The summed E-state index contributed by atoms with van der Waals surface area (Å²) >= 11 is 0. The van der Waals surface area contributed by atoms with Crippen LogP contribution in [0.3, 0.4) is 0 Å². The van der Waals surface area contributed by atoms with Crippen molar-refractivity contribution in [2.45, 2.75) is 18.2 Å². The lowest BCUT2D eigenvalue weighted by molar-refractivity contribution is 0.547. The van der Waals surface area contributed by atoms with Crippen LogP contribution in [-0.2, 0) is 9.84 Å². The van der Waals surface area contributed by atoms with Gasteiger partial charge in [0.05, 0.1) is 12.0 Å². The van der Waals surface area contributed by atoms with Crippen LogP contribution < -0.4 is 0 Å². The summed E-state index contributed by atoms with van der Waals surface area (Å²) in [6.07, 6.45) is 4.44. The fraction of sp³-hybridized carbons (Fsp3) is 0.286. The maximum absolute atomic E-state index is 12.3. The predicted molar refractivity (Wildman–Crippen MR) is 77.3 cm³/mol. The molecule has 4 heterocycles. The highest BCUT2D eigenvalue weighted by Crippen LogP contribution is 2.36. The van der Waals surface area contributed by atoms with Gasteiger partial charge in [-0.25, -0.2) is 18.4 Å². The number of pyridine rings is 1. The zero-order valence-corrected chi connectivity index (χ0v) is 12.0. The largest absolute Gasteiger partial charge is 0.461 e. The maximum atomic E-state index is 12.3. The smallest absolute Gasteiger partial charge is 0.179 e. The number of imidazole rings is 1. The summed E-state index contributed by atoms with van der Waals surface area (Å²) in [6.45, 7) is 0. The van der Waals surface area contributed by atoms with Crippen molar-refractivity contribution >= 4 is 21.0 Å². The van der Waals surface area contributed by atoms with E-state index in [1.165, 1.54) is 0 Å². The van der Waals surface area contributed by atoms with Gasteiger partial charge in [-0.2, -0.15) is 0 Å². The van der Waals surface area contributed by atoms with E-state index in [1.54, 1.807) is 35.2 Å². The third kappa shape index (κ3) is 1.88. The molecule has 0 spiro atoms. The Labute approximate surface area is 121 Å². The number of rotatable bonds is 2. The van der Waals surface area contributed by atoms with Crippen molar-refractivity contribution in [3.63, 3.8) is 0 Å². The van der Waals surface area contributed by atoms with Gasteiger partial charge in [0, 0.05) is 6.20 Å². The van der Waals surface area contributed by atoms with Crippen molar-refractivity contribution in [3.05, 3.63) is 36.7 Å². The molecule has 1 atom stereocenters. The first-order valence-corrected chi connectivity index (χ1v) is 8.47. The molecule has 108 valence electrons. The lowest BCUT2D eigenvalue weighted by atomic mass is 10.3. The molecule has 1 saturated heterocycles. The number of hydrogen-bond acceptors (Lipinski definition) is 5. The van der Waals surface area contributed by atoms with E-state index >= 15 is 0 Å². The highest BCUT2D eigenvalue weighted by Gasteiger charge is 2.36. The third-order valence-electron chi connectivity index (χ3n) is 3.77. The topological polar surface area (TPSA) is 78.0 Å². The van der Waals surface area contributed by atoms with E-state index in [4.69, 9.17) is 4.42 Å². The van der Waals surface area contributed by atoms with E-state index in [0.29, 0.717) is 35.6 Å². The Kier molecular flexibility index (Phi) is 2.65. The molecule has 0 radical (unpaired) electrons. The fourth-order valence-electron chi connectivity index (χ4n) is 2.85. The fourth-order valence-corrected chi connectivity index (χ4v) is 4.73. The normalized spacial score (nSPS) is 21.0. The quantitative estimate of drug-likeness (QED) is 0.726. The third-order valence-corrected chi connectivity index (χ3v) is 5.91. The first kappa shape index (κ1) is 12.6. The van der Waals surface area contributed by atoms with Crippen molar-refractivity contribution < 1.29 is 12.8 Å². The Morgan fingerprint density at radius 2 is 2.19 bits per heavy atom. The van der Waals surface area contributed by atoms with E-state index in [1.807, 2.05) is 6.07 Å². The molecule has 3 aromatic heterocycles. The van der Waals surface area contributed by atoms with Crippen molar-refractivity contribution in [1.82, 2.24) is 14.5 Å². The van der Waals surface area contributed by atoms with Gasteiger partial charge in [0.25, 0.3) is 0 Å². The molecule has 1 fully saturated rings. The lowest BCUT2D eigenvalue weighted by Crippen LogP contribution is -2.16. The van der Waals surface area contributed by atoms with Gasteiger partial charge in [0.2, 0.25) is 0 Å². The van der Waals surface area contributed by atoms with Gasteiger partial charge < -0.3 is 4.42 Å². The predicted octanol–water partition coefficient (Wildman–Crippen LogP) is 2.40. The van der Waals surface area contributed by atoms with E-state index in [2.05, 4.69) is 9.97 Å². The van der Waals surface area contributed by atoms with Crippen LogP contribution in [0.5, 0.6) is 0 Å². The van der Waals surface area contributed by atoms with Crippen molar-refractivity contribution in [2.75, 3.05) is 5.75 Å². The molecule has 7 heteroatoms. The SMILES string of the molecule is O=S1(=O)CCCC1n1c(-c2ccco2)nc2cccnc21. The lowest BCUT2D eigenvalue weighted by Gasteiger charge is -2.14. The number of sulfone groups is 1. The summed E-state index contributed by atoms with van der Waals surface area (Å²) in [7, 11) is -3.17. The molecule has 0 aromatic carbocycles. The molecule has 0 N–H and O–H groups in total. The minimum atomic E-state index is -3.17. The summed E-state index contributed by atoms with van der Waals surface area (Å²) < 4.78 is 31.8. The Morgan fingerprint density at radius 1 is 1.29 bits per heavy atom. The molecular weight excluding hydrogens is 290 g/mol. The van der Waals surface area contributed by atoms with Crippen molar-refractivity contribution in [2.24, 2.45) is 0 Å². The second kappa shape index (κ2) is 4.42. The highest BCUT2D eigenvalue weighted by molar-refractivity contribution is 7.91. The number of aromatic nitrogens is 3. The average Bonchev–Trinajstić information content (AvgIpc) is 3.15. The summed E-state index contributed by atoms with van der Waals surface area (Å²) in [5.41, 5.74) is 1.25. The minimum Gasteiger partial charge on any atom is -0.461 e. The van der Waals surface area contributed by atoms with Crippen LogP contribution in [0.25, 0.3) is 22.7 Å². The number of hydrogen-bond donors (Lipinski definition) is 0. The highest BCUT2D eigenvalue weighted by atomic mass is 32.2. The monoisotopic (exact) mass is 303 g/mol. The first-order chi connectivity index (χ1) is 10.2. The molecule has 1 aliphatic rings. The standard InChI is InChI=1S/C14H13N3O3S/c18-21(19)9-3-6-12(21)17-13-10(4-1-7-15-13)16-14(17)11-5-2-8-20-11/h1-2,4-5,7-8,12H,3,6,9H2. The van der Waals surface area contributed by atoms with Gasteiger partial charge in [0.15, 0.2) is 27.1 Å². The molecule has 21 heavy (non-hydrogen) atoms. The van der Waals surface area contributed by atoms with Gasteiger partial charge in [0.1, 0.15) is 10.9 Å². The molecule has 0 amide bonds. The molecule has 4 rings (SSSR count). The van der Waals surface area contributed by atoms with Gasteiger partial charge >= 0.3 is 0 Å². The van der Waals surface area contributed by atoms with Crippen LogP contribution in [0.4, 0.5) is 0 Å². The molecule has 0 aliphatic carbocycles. The molecule has 1 unspecified atom stereocenters. The molecule has 3 aromatic rings. The van der Waals surface area contributed by atoms with Crippen molar-refractivity contribution in [1.29, 1.82) is 0 Å². The molecule has 6 nitrogen and oxygen atoms in total. The van der Waals surface area contributed by atoms with Crippen LogP contribution >= 0.6 is 0 Å². The Balaban J connectivity index is 2.04. The first-order valence-electron chi connectivity index (χ1n) is 6.75. The van der Waals surface area contributed by atoms with Crippen molar-refractivity contribution in [3.8, 4) is 11.6 Å². The second-order valence-electron chi connectivity index (χ2n) is 5.09. The van der Waals surface area contributed by atoms with E-state index in [0.717, 1.165) is 0 Å². The van der Waals surface area contributed by atoms with Crippen LogP contribution in [0.2, 0.25) is 0 Å². The van der Waals surface area contributed by atoms with Gasteiger partial charge in [-0.05, 0) is 37.1 Å². The Bertz CT molecular complexity index is 897. The van der Waals surface area contributed by atoms with Crippen LogP contribution in [0, 0.1) is 0 Å². The minimum absolute atomic E-state index is 0.210. The molecule has 1 aliphatic heterocycles. The number of nitrogens with zero attached hydrogens (tertiary/aromatic N) is 3.